The number of phenolic OH excluding ortho intramolecular Hbond substituents is 1. The zero-order valence-corrected chi connectivity index (χ0v) is 10.3. The highest BCUT2D eigenvalue weighted by Crippen LogP contribution is 2.32. The largest absolute Gasteiger partial charge is 0.508 e. The Morgan fingerprint density at radius 2 is 1.63 bits per heavy atom. The predicted octanol–water partition coefficient (Wildman–Crippen LogP) is 4.64. The minimum absolute atomic E-state index is 0.160. The van der Waals surface area contributed by atoms with E-state index in [2.05, 4.69) is 0 Å². The van der Waals surface area contributed by atoms with Crippen LogP contribution in [0.4, 0.5) is 13.2 Å². The van der Waals surface area contributed by atoms with Crippen molar-refractivity contribution >= 4 is 0 Å². The Kier molecular flexibility index (Phi) is 3.51. The van der Waals surface area contributed by atoms with Crippen molar-refractivity contribution in [2.45, 2.75) is 19.5 Å². The first kappa shape index (κ1) is 13.5. The van der Waals surface area contributed by atoms with E-state index >= 15 is 0 Å². The van der Waals surface area contributed by atoms with Crippen LogP contribution in [-0.2, 0) is 12.6 Å². The minimum atomic E-state index is -4.32. The zero-order valence-electron chi connectivity index (χ0n) is 10.3. The highest BCUT2D eigenvalue weighted by molar-refractivity contribution is 5.68. The Bertz CT molecular complexity index is 571. The number of rotatable bonds is 2. The molecule has 0 aliphatic rings. The summed E-state index contributed by atoms with van der Waals surface area (Å²) in [7, 11) is 0. The Morgan fingerprint density at radius 3 is 2.16 bits per heavy atom. The first-order valence-corrected chi connectivity index (χ1v) is 5.91. The highest BCUT2D eigenvalue weighted by Gasteiger charge is 2.29. The highest BCUT2D eigenvalue weighted by atomic mass is 19.4. The van der Waals surface area contributed by atoms with Crippen LogP contribution in [0.25, 0.3) is 11.1 Å². The van der Waals surface area contributed by atoms with Gasteiger partial charge in [-0.05, 0) is 47.4 Å². The van der Waals surface area contributed by atoms with Gasteiger partial charge in [0.05, 0.1) is 5.56 Å². The summed E-state index contributed by atoms with van der Waals surface area (Å²) < 4.78 is 37.5. The van der Waals surface area contributed by atoms with Crippen LogP contribution < -0.4 is 0 Å². The fraction of sp³-hybridized carbons (Fsp3) is 0.200. The molecular formula is C15H13F3O. The SMILES string of the molecule is CCc1cc(O)ccc1-c1ccc(C(F)(F)F)cc1. The molecule has 0 aliphatic carbocycles. The lowest BCUT2D eigenvalue weighted by atomic mass is 9.97. The topological polar surface area (TPSA) is 20.2 Å². The number of halogens is 3. The van der Waals surface area contributed by atoms with Crippen LogP contribution in [0, 0.1) is 0 Å². The number of hydrogen-bond donors (Lipinski definition) is 1. The van der Waals surface area contributed by atoms with Gasteiger partial charge in [-0.1, -0.05) is 25.1 Å². The van der Waals surface area contributed by atoms with Gasteiger partial charge in [-0.3, -0.25) is 0 Å². The fourth-order valence-electron chi connectivity index (χ4n) is 1.99. The minimum Gasteiger partial charge on any atom is -0.508 e. The van der Waals surface area contributed by atoms with Gasteiger partial charge in [-0.2, -0.15) is 13.2 Å². The van der Waals surface area contributed by atoms with Gasteiger partial charge in [-0.15, -0.1) is 0 Å². The van der Waals surface area contributed by atoms with Crippen LogP contribution >= 0.6 is 0 Å². The maximum atomic E-state index is 12.5. The second-order valence-electron chi connectivity index (χ2n) is 4.27. The number of aryl methyl sites for hydroxylation is 1. The molecule has 0 heterocycles. The molecule has 0 saturated carbocycles. The third kappa shape index (κ3) is 2.89. The molecule has 2 aromatic rings. The van der Waals surface area contributed by atoms with E-state index in [1.54, 1.807) is 12.1 Å². The fourth-order valence-corrected chi connectivity index (χ4v) is 1.99. The van der Waals surface area contributed by atoms with E-state index in [0.717, 1.165) is 23.3 Å². The molecule has 0 saturated heterocycles. The molecule has 2 rings (SSSR count). The van der Waals surface area contributed by atoms with Crippen LogP contribution in [0.3, 0.4) is 0 Å². The molecule has 19 heavy (non-hydrogen) atoms. The Labute approximate surface area is 109 Å². The van der Waals surface area contributed by atoms with Gasteiger partial charge < -0.3 is 5.11 Å². The molecule has 0 atom stereocenters. The molecule has 4 heteroatoms. The molecule has 2 aromatic carbocycles. The normalized spacial score (nSPS) is 11.6. The van der Waals surface area contributed by atoms with Gasteiger partial charge in [-0.25, -0.2) is 0 Å². The van der Waals surface area contributed by atoms with Gasteiger partial charge in [0.1, 0.15) is 5.75 Å². The molecule has 0 unspecified atom stereocenters. The number of alkyl halides is 3. The molecule has 0 amide bonds. The first-order valence-electron chi connectivity index (χ1n) is 5.91. The van der Waals surface area contributed by atoms with Crippen molar-refractivity contribution in [1.82, 2.24) is 0 Å². The summed E-state index contributed by atoms with van der Waals surface area (Å²) in [5, 5.41) is 9.42. The second kappa shape index (κ2) is 4.96. The Morgan fingerprint density at radius 1 is 1.00 bits per heavy atom. The molecule has 1 N–H and O–H groups in total. The average molecular weight is 266 g/mol. The maximum Gasteiger partial charge on any atom is 0.416 e. The molecule has 0 aliphatic heterocycles. The van der Waals surface area contributed by atoms with E-state index in [1.165, 1.54) is 18.2 Å². The standard InChI is InChI=1S/C15H13F3O/c1-2-10-9-13(19)7-8-14(10)11-3-5-12(6-4-11)15(16,17)18/h3-9,19H,2H2,1H3. The van der Waals surface area contributed by atoms with E-state index in [0.29, 0.717) is 12.0 Å². The predicted molar refractivity (Wildman–Crippen MR) is 67.9 cm³/mol. The summed E-state index contributed by atoms with van der Waals surface area (Å²) >= 11 is 0. The first-order chi connectivity index (χ1) is 8.91. The summed E-state index contributed by atoms with van der Waals surface area (Å²) in [6.07, 6.45) is -3.62. The van der Waals surface area contributed by atoms with E-state index in [1.807, 2.05) is 6.92 Å². The monoisotopic (exact) mass is 266 g/mol. The lowest BCUT2D eigenvalue weighted by molar-refractivity contribution is -0.137. The van der Waals surface area contributed by atoms with Crippen molar-refractivity contribution < 1.29 is 18.3 Å². The third-order valence-corrected chi connectivity index (χ3v) is 2.99. The van der Waals surface area contributed by atoms with E-state index in [4.69, 9.17) is 0 Å². The van der Waals surface area contributed by atoms with Gasteiger partial charge >= 0.3 is 6.18 Å². The smallest absolute Gasteiger partial charge is 0.416 e. The summed E-state index contributed by atoms with van der Waals surface area (Å²) in [6.45, 7) is 1.93. The van der Waals surface area contributed by atoms with E-state index in [9.17, 15) is 18.3 Å². The molecule has 0 bridgehead atoms. The lowest BCUT2D eigenvalue weighted by Crippen LogP contribution is -2.04. The maximum absolute atomic E-state index is 12.5. The van der Waals surface area contributed by atoms with Gasteiger partial charge in [0.2, 0.25) is 0 Å². The summed E-state index contributed by atoms with van der Waals surface area (Å²) in [5.74, 6) is 0.160. The van der Waals surface area contributed by atoms with Crippen molar-refractivity contribution in [3.05, 3.63) is 53.6 Å². The van der Waals surface area contributed by atoms with E-state index in [-0.39, 0.29) is 5.75 Å². The number of hydrogen-bond acceptors (Lipinski definition) is 1. The summed E-state index contributed by atoms with van der Waals surface area (Å²) in [5.41, 5.74) is 1.80. The van der Waals surface area contributed by atoms with Crippen molar-refractivity contribution in [3.8, 4) is 16.9 Å². The summed E-state index contributed by atoms with van der Waals surface area (Å²) in [4.78, 5) is 0. The van der Waals surface area contributed by atoms with Gasteiger partial charge in [0.25, 0.3) is 0 Å². The molecule has 0 aromatic heterocycles. The molecular weight excluding hydrogens is 253 g/mol. The molecule has 1 nitrogen and oxygen atoms in total. The Balaban J connectivity index is 2.43. The third-order valence-electron chi connectivity index (χ3n) is 2.99. The number of benzene rings is 2. The Hall–Kier alpha value is -1.97. The number of aromatic hydroxyl groups is 1. The number of phenols is 1. The molecule has 0 fully saturated rings. The summed E-state index contributed by atoms with van der Waals surface area (Å²) in [6, 6.07) is 9.93. The van der Waals surface area contributed by atoms with Crippen molar-refractivity contribution in [2.24, 2.45) is 0 Å². The van der Waals surface area contributed by atoms with Crippen molar-refractivity contribution in [2.75, 3.05) is 0 Å². The van der Waals surface area contributed by atoms with Crippen LogP contribution in [0.2, 0.25) is 0 Å². The van der Waals surface area contributed by atoms with Gasteiger partial charge in [0, 0.05) is 0 Å². The second-order valence-corrected chi connectivity index (χ2v) is 4.27. The lowest BCUT2D eigenvalue weighted by Gasteiger charge is -2.11. The molecule has 100 valence electrons. The zero-order chi connectivity index (χ0) is 14.0. The van der Waals surface area contributed by atoms with Crippen molar-refractivity contribution in [1.29, 1.82) is 0 Å². The molecule has 0 radical (unpaired) electrons. The van der Waals surface area contributed by atoms with E-state index < -0.39 is 11.7 Å². The average Bonchev–Trinajstić information content (AvgIpc) is 2.37. The van der Waals surface area contributed by atoms with Crippen LogP contribution in [-0.4, -0.2) is 5.11 Å². The van der Waals surface area contributed by atoms with Crippen LogP contribution in [0.1, 0.15) is 18.1 Å². The van der Waals surface area contributed by atoms with Crippen molar-refractivity contribution in [3.63, 3.8) is 0 Å². The molecule has 0 spiro atoms. The van der Waals surface area contributed by atoms with Crippen LogP contribution in [0.5, 0.6) is 5.75 Å². The van der Waals surface area contributed by atoms with Crippen LogP contribution in [0.15, 0.2) is 42.5 Å². The van der Waals surface area contributed by atoms with Gasteiger partial charge in [0.15, 0.2) is 0 Å². The quantitative estimate of drug-likeness (QED) is 0.839.